The topological polar surface area (TPSA) is 238 Å². The fourth-order valence-corrected chi connectivity index (χ4v) is 4.04. The smallest absolute Gasteiger partial charge is 0.303 e. The van der Waals surface area contributed by atoms with Crippen molar-refractivity contribution in [1.82, 2.24) is 39.2 Å². The third kappa shape index (κ3) is 8.79. The molecule has 4 aromatic heterocycles. The van der Waals surface area contributed by atoms with Crippen LogP contribution in [0.4, 0.5) is 0 Å². The summed E-state index contributed by atoms with van der Waals surface area (Å²) < 4.78 is 2.92. The van der Waals surface area contributed by atoms with E-state index in [0.717, 1.165) is 18.1 Å². The number of carboxylic acids is 3. The fraction of sp³-hybridized carbons (Fsp3) is 0.167. The number of carbonyl (C=O) groups is 3. The number of aromatic amines is 2. The Bertz CT molecular complexity index is 1950. The van der Waals surface area contributed by atoms with E-state index in [4.69, 9.17) is 20.1 Å². The molecule has 16 nitrogen and oxygen atoms in total. The number of nitrogens with one attached hydrogen (secondary N) is 2. The van der Waals surface area contributed by atoms with Crippen molar-refractivity contribution in [3.63, 3.8) is 0 Å². The summed E-state index contributed by atoms with van der Waals surface area (Å²) in [6.07, 6.45) is 3.29. The quantitative estimate of drug-likeness (QED) is 0.163. The van der Waals surface area contributed by atoms with Gasteiger partial charge in [0, 0.05) is 30.9 Å². The van der Waals surface area contributed by atoms with E-state index in [-0.39, 0.29) is 37.1 Å². The summed E-state index contributed by atoms with van der Waals surface area (Å²) in [5, 5.41) is 33.0. The number of hydrogen-bond acceptors (Lipinski definition) is 9. The lowest BCUT2D eigenvalue weighted by molar-refractivity contribution is -0.138. The first-order chi connectivity index (χ1) is 22.0. The molecule has 2 aromatic carbocycles. The Morgan fingerprint density at radius 2 is 1.00 bits per heavy atom. The third-order valence-corrected chi connectivity index (χ3v) is 6.10. The highest BCUT2D eigenvalue weighted by atomic mass is 16.4. The molecule has 0 aliphatic rings. The van der Waals surface area contributed by atoms with Gasteiger partial charge in [0.05, 0.1) is 36.6 Å². The molecule has 0 saturated heterocycles. The highest BCUT2D eigenvalue weighted by Gasteiger charge is 2.12. The Morgan fingerprint density at radius 1 is 0.652 bits per heavy atom. The van der Waals surface area contributed by atoms with Gasteiger partial charge in [-0.25, -0.2) is 19.0 Å². The van der Waals surface area contributed by atoms with E-state index < -0.39 is 29.0 Å². The molecule has 5 N–H and O–H groups in total. The van der Waals surface area contributed by atoms with Gasteiger partial charge in [-0.05, 0) is 0 Å². The molecular weight excluding hydrogens is 600 g/mol. The van der Waals surface area contributed by atoms with E-state index in [2.05, 4.69) is 30.1 Å². The zero-order chi connectivity index (χ0) is 33.2. The lowest BCUT2D eigenvalue weighted by Gasteiger charge is -1.97. The van der Waals surface area contributed by atoms with Crippen LogP contribution in [0.1, 0.15) is 31.2 Å². The van der Waals surface area contributed by atoms with Crippen molar-refractivity contribution in [3.05, 3.63) is 105 Å². The normalized spacial score (nSPS) is 10.5. The van der Waals surface area contributed by atoms with Crippen molar-refractivity contribution in [2.75, 3.05) is 0 Å². The zero-order valence-corrected chi connectivity index (χ0v) is 24.3. The maximum Gasteiger partial charge on any atom is 0.303 e. The number of aliphatic carboxylic acids is 3. The lowest BCUT2D eigenvalue weighted by atomic mass is 10.2. The first-order valence-electron chi connectivity index (χ1n) is 13.7. The van der Waals surface area contributed by atoms with Crippen LogP contribution in [0.3, 0.4) is 0 Å². The van der Waals surface area contributed by atoms with Crippen LogP contribution in [-0.4, -0.2) is 72.4 Å². The van der Waals surface area contributed by atoms with Gasteiger partial charge in [-0.1, -0.05) is 60.7 Å². The minimum atomic E-state index is -0.966. The molecule has 4 heterocycles. The van der Waals surface area contributed by atoms with Crippen LogP contribution in [0.5, 0.6) is 0 Å². The summed E-state index contributed by atoms with van der Waals surface area (Å²) in [6, 6.07) is 19.0. The molecule has 0 aliphatic heterocycles. The summed E-state index contributed by atoms with van der Waals surface area (Å²) in [4.78, 5) is 67.7. The van der Waals surface area contributed by atoms with E-state index in [1.807, 2.05) is 60.7 Å². The van der Waals surface area contributed by atoms with Crippen molar-refractivity contribution < 1.29 is 29.7 Å². The predicted molar refractivity (Wildman–Crippen MR) is 163 cm³/mol. The second-order valence-corrected chi connectivity index (χ2v) is 9.63. The Kier molecular flexibility index (Phi) is 10.5. The van der Waals surface area contributed by atoms with Crippen molar-refractivity contribution in [2.24, 2.45) is 0 Å². The van der Waals surface area contributed by atoms with Gasteiger partial charge >= 0.3 is 11.9 Å². The number of aromatic nitrogens is 8. The molecule has 6 aromatic rings. The van der Waals surface area contributed by atoms with Crippen LogP contribution in [0.2, 0.25) is 0 Å². The van der Waals surface area contributed by atoms with Crippen LogP contribution in [0, 0.1) is 0 Å². The molecule has 0 unspecified atom stereocenters. The van der Waals surface area contributed by atoms with Gasteiger partial charge in [0.2, 0.25) is 11.6 Å². The Morgan fingerprint density at radius 3 is 1.33 bits per heavy atom. The molecule has 0 radical (unpaired) electrons. The Balaban J connectivity index is 0.000000187. The first-order valence-corrected chi connectivity index (χ1v) is 13.7. The SMILES string of the molecule is CC(=O)O.O=C(O)CCc1nn2cc(-c3ccccc3)nc2[nH]c1=O.O=C(O)CCc1nn2cc(-c3ccccc3)nc2[nH]c1=O. The Labute approximate surface area is 258 Å². The van der Waals surface area contributed by atoms with Gasteiger partial charge in [-0.15, -0.1) is 0 Å². The van der Waals surface area contributed by atoms with Crippen molar-refractivity contribution in [3.8, 4) is 22.5 Å². The largest absolute Gasteiger partial charge is 0.481 e. The summed E-state index contributed by atoms with van der Waals surface area (Å²) in [6.45, 7) is 1.08. The molecule has 0 bridgehead atoms. The van der Waals surface area contributed by atoms with Crippen LogP contribution in [-0.2, 0) is 27.2 Å². The molecule has 16 heteroatoms. The highest BCUT2D eigenvalue weighted by Crippen LogP contribution is 2.18. The van der Waals surface area contributed by atoms with Gasteiger partial charge in [0.1, 0.15) is 11.4 Å². The summed E-state index contributed by atoms with van der Waals surface area (Å²) in [5.74, 6) is -2.10. The minimum Gasteiger partial charge on any atom is -0.481 e. The van der Waals surface area contributed by atoms with Gasteiger partial charge in [-0.3, -0.25) is 33.9 Å². The number of benzene rings is 2. The van der Waals surface area contributed by atoms with Crippen LogP contribution in [0.25, 0.3) is 34.1 Å². The molecule has 0 fully saturated rings. The number of nitrogens with zero attached hydrogens (tertiary/aromatic N) is 6. The monoisotopic (exact) mass is 628 g/mol. The number of H-pyrrole nitrogens is 2. The molecule has 6 rings (SSSR count). The molecule has 0 atom stereocenters. The van der Waals surface area contributed by atoms with Crippen LogP contribution in [0.15, 0.2) is 82.6 Å². The molecule has 0 amide bonds. The average molecular weight is 629 g/mol. The lowest BCUT2D eigenvalue weighted by Crippen LogP contribution is -2.19. The number of rotatable bonds is 8. The molecule has 0 spiro atoms. The van der Waals surface area contributed by atoms with Gasteiger partial charge in [0.15, 0.2) is 0 Å². The predicted octanol–water partition coefficient (Wildman–Crippen LogP) is 2.29. The molecule has 236 valence electrons. The van der Waals surface area contributed by atoms with Crippen LogP contribution >= 0.6 is 0 Å². The van der Waals surface area contributed by atoms with Gasteiger partial charge < -0.3 is 15.3 Å². The standard InChI is InChI=1S/2C14H12N4O3.C2H4O2/c2*19-12(20)7-6-10-13(21)16-14-15-11(8-18(14)17-10)9-4-2-1-3-5-9;1-2(3)4/h2*1-5,8H,6-7H2,(H,19,20)(H,15,16,21);1H3,(H,3,4). The van der Waals surface area contributed by atoms with Crippen molar-refractivity contribution in [1.29, 1.82) is 0 Å². The Hall–Kier alpha value is -6.45. The van der Waals surface area contributed by atoms with Crippen molar-refractivity contribution >= 4 is 29.5 Å². The number of hydrogen-bond donors (Lipinski definition) is 5. The number of aryl methyl sites for hydroxylation is 2. The second-order valence-electron chi connectivity index (χ2n) is 9.63. The summed E-state index contributed by atoms with van der Waals surface area (Å²) >= 11 is 0. The maximum atomic E-state index is 11.8. The van der Waals surface area contributed by atoms with Gasteiger partial charge in [-0.2, -0.15) is 10.2 Å². The van der Waals surface area contributed by atoms with E-state index in [1.165, 1.54) is 9.03 Å². The summed E-state index contributed by atoms with van der Waals surface area (Å²) in [7, 11) is 0. The number of imidazole rings is 2. The molecule has 0 aliphatic carbocycles. The number of carboxylic acid groups (broad SMARTS) is 3. The second kappa shape index (κ2) is 14.8. The maximum absolute atomic E-state index is 11.8. The van der Waals surface area contributed by atoms with Crippen LogP contribution < -0.4 is 11.1 Å². The first kappa shape index (κ1) is 32.5. The molecule has 46 heavy (non-hydrogen) atoms. The average Bonchev–Trinajstić information content (AvgIpc) is 3.63. The molecular formula is C30H28N8O8. The van der Waals surface area contributed by atoms with E-state index in [1.54, 1.807) is 12.4 Å². The zero-order valence-electron chi connectivity index (χ0n) is 24.3. The highest BCUT2D eigenvalue weighted by molar-refractivity contribution is 5.67. The third-order valence-electron chi connectivity index (χ3n) is 6.10. The summed E-state index contributed by atoms with van der Waals surface area (Å²) in [5.41, 5.74) is 2.75. The van der Waals surface area contributed by atoms with Crippen molar-refractivity contribution in [2.45, 2.75) is 32.6 Å². The van der Waals surface area contributed by atoms with E-state index in [9.17, 15) is 19.2 Å². The fourth-order valence-electron chi connectivity index (χ4n) is 4.04. The minimum absolute atomic E-state index is 0.0828. The van der Waals surface area contributed by atoms with E-state index in [0.29, 0.717) is 22.9 Å². The van der Waals surface area contributed by atoms with Gasteiger partial charge in [0.25, 0.3) is 17.1 Å². The molecule has 0 saturated carbocycles. The number of fused-ring (bicyclic) bond motifs is 2. The van der Waals surface area contributed by atoms with E-state index >= 15 is 0 Å².